The van der Waals surface area contributed by atoms with Crippen LogP contribution in [0.1, 0.15) is 0 Å². The molecule has 0 aliphatic heterocycles. The molecule has 13 rings (SSSR count). The van der Waals surface area contributed by atoms with Crippen LogP contribution in [0.2, 0.25) is 0 Å². The molecular weight excluding hydrogens is 723 g/mol. The van der Waals surface area contributed by atoms with Crippen molar-refractivity contribution in [3.63, 3.8) is 0 Å². The van der Waals surface area contributed by atoms with Crippen molar-refractivity contribution < 1.29 is 0 Å². The lowest BCUT2D eigenvalue weighted by atomic mass is 9.92. The fourth-order valence-electron chi connectivity index (χ4n) is 9.48. The molecule has 0 bridgehead atoms. The van der Waals surface area contributed by atoms with Crippen LogP contribution in [0.25, 0.3) is 124 Å². The number of hydrogen-bond donors (Lipinski definition) is 0. The van der Waals surface area contributed by atoms with E-state index in [1.807, 2.05) is 11.3 Å². The van der Waals surface area contributed by atoms with Crippen LogP contribution < -0.4 is 0 Å². The van der Waals surface area contributed by atoms with Gasteiger partial charge in [-0.25, -0.2) is 9.97 Å². The summed E-state index contributed by atoms with van der Waals surface area (Å²) in [5.74, 6) is 0.817. The summed E-state index contributed by atoms with van der Waals surface area (Å²) in [7, 11) is 0. The number of thiophene rings is 1. The number of benzene rings is 10. The topological polar surface area (TPSA) is 30.7 Å². The van der Waals surface area contributed by atoms with Gasteiger partial charge in [-0.3, -0.25) is 4.57 Å². The summed E-state index contributed by atoms with van der Waals surface area (Å²) in [5, 5.41) is 14.6. The van der Waals surface area contributed by atoms with Gasteiger partial charge in [-0.1, -0.05) is 146 Å². The Morgan fingerprint density at radius 2 is 1.02 bits per heavy atom. The van der Waals surface area contributed by atoms with Crippen LogP contribution in [0.15, 0.2) is 188 Å². The smallest absolute Gasteiger partial charge is 0.165 e. The molecule has 10 aromatic carbocycles. The molecule has 3 aromatic heterocycles. The molecule has 3 heterocycles. The second-order valence-electron chi connectivity index (χ2n) is 15.3. The average Bonchev–Trinajstić information content (AvgIpc) is 3.82. The van der Waals surface area contributed by atoms with Gasteiger partial charge < -0.3 is 0 Å². The van der Waals surface area contributed by atoms with Crippen molar-refractivity contribution in [2.75, 3.05) is 0 Å². The van der Waals surface area contributed by atoms with Crippen LogP contribution in [0.3, 0.4) is 0 Å². The monoisotopic (exact) mass is 753 g/mol. The summed E-state index contributed by atoms with van der Waals surface area (Å²) >= 11 is 1.87. The summed E-state index contributed by atoms with van der Waals surface area (Å²) in [6, 6.07) is 68.4. The highest BCUT2D eigenvalue weighted by Gasteiger charge is 2.24. The molecule has 0 saturated carbocycles. The molecule has 0 saturated heterocycles. The first-order valence-corrected chi connectivity index (χ1v) is 20.6. The Bertz CT molecular complexity index is 3860. The lowest BCUT2D eigenvalue weighted by Crippen LogP contribution is -2.04. The predicted octanol–water partition coefficient (Wildman–Crippen LogP) is 15.0. The maximum absolute atomic E-state index is 5.68. The SMILES string of the molecule is c1ccc(-c2nc3ccc4ccccc4c3nc2-n2c3cc4ccccc4cc3c3c(-c4ccc5sc6ccc7ccccc7c6c5c4)c4ccccc4cc32)cc1. The van der Waals surface area contributed by atoms with Gasteiger partial charge in [-0.15, -0.1) is 11.3 Å². The number of aromatic nitrogens is 3. The molecule has 0 radical (unpaired) electrons. The van der Waals surface area contributed by atoms with E-state index in [2.05, 4.69) is 193 Å². The third kappa shape index (κ3) is 4.55. The van der Waals surface area contributed by atoms with Gasteiger partial charge in [-0.2, -0.15) is 0 Å². The normalized spacial score (nSPS) is 12.1. The maximum Gasteiger partial charge on any atom is 0.165 e. The van der Waals surface area contributed by atoms with Gasteiger partial charge in [0.05, 0.1) is 22.1 Å². The molecule has 13 aromatic rings. The van der Waals surface area contributed by atoms with E-state index >= 15 is 0 Å². The molecular formula is C54H31N3S. The van der Waals surface area contributed by atoms with E-state index in [1.165, 1.54) is 74.4 Å². The number of fused-ring (bicyclic) bond motifs is 13. The van der Waals surface area contributed by atoms with Crippen LogP contribution >= 0.6 is 11.3 Å². The number of hydrogen-bond acceptors (Lipinski definition) is 3. The van der Waals surface area contributed by atoms with Crippen LogP contribution in [0, 0.1) is 0 Å². The van der Waals surface area contributed by atoms with Crippen molar-refractivity contribution in [1.82, 2.24) is 14.5 Å². The molecule has 0 spiro atoms. The van der Waals surface area contributed by atoms with Crippen LogP contribution in [0.5, 0.6) is 0 Å². The van der Waals surface area contributed by atoms with E-state index < -0.39 is 0 Å². The van der Waals surface area contributed by atoms with Crippen LogP contribution in [0.4, 0.5) is 0 Å². The van der Waals surface area contributed by atoms with Gasteiger partial charge in [0, 0.05) is 41.9 Å². The lowest BCUT2D eigenvalue weighted by Gasteiger charge is -2.16. The Hall–Kier alpha value is -7.40. The zero-order chi connectivity index (χ0) is 37.9. The first-order valence-electron chi connectivity index (χ1n) is 19.7. The van der Waals surface area contributed by atoms with E-state index in [9.17, 15) is 0 Å². The first-order chi connectivity index (χ1) is 28.7. The highest BCUT2D eigenvalue weighted by molar-refractivity contribution is 7.26. The maximum atomic E-state index is 5.68. The molecule has 58 heavy (non-hydrogen) atoms. The highest BCUT2D eigenvalue weighted by atomic mass is 32.1. The molecule has 0 aliphatic rings. The molecule has 3 nitrogen and oxygen atoms in total. The first kappa shape index (κ1) is 31.8. The van der Waals surface area contributed by atoms with Crippen molar-refractivity contribution in [3.05, 3.63) is 188 Å². The molecule has 4 heteroatoms. The van der Waals surface area contributed by atoms with Gasteiger partial charge in [-0.05, 0) is 91.3 Å². The fraction of sp³-hybridized carbons (Fsp3) is 0. The summed E-state index contributed by atoms with van der Waals surface area (Å²) in [6.07, 6.45) is 0. The fourth-order valence-corrected chi connectivity index (χ4v) is 10.6. The molecule has 0 amide bonds. The van der Waals surface area contributed by atoms with E-state index in [0.717, 1.165) is 49.9 Å². The zero-order valence-corrected chi connectivity index (χ0v) is 32.0. The molecule has 0 N–H and O–H groups in total. The van der Waals surface area contributed by atoms with Crippen molar-refractivity contribution in [3.8, 4) is 28.2 Å². The van der Waals surface area contributed by atoms with E-state index in [4.69, 9.17) is 9.97 Å². The lowest BCUT2D eigenvalue weighted by molar-refractivity contribution is 1.08. The third-order valence-electron chi connectivity index (χ3n) is 12.1. The number of rotatable bonds is 3. The second kappa shape index (κ2) is 12.1. The Kier molecular flexibility index (Phi) is 6.60. The Balaban J connectivity index is 1.22. The summed E-state index contributed by atoms with van der Waals surface area (Å²) in [5.41, 5.74) is 8.29. The van der Waals surface area contributed by atoms with Crippen molar-refractivity contribution in [2.45, 2.75) is 0 Å². The van der Waals surface area contributed by atoms with Gasteiger partial charge in [0.2, 0.25) is 0 Å². The highest BCUT2D eigenvalue weighted by Crippen LogP contribution is 2.47. The Labute approximate surface area is 336 Å². The van der Waals surface area contributed by atoms with Crippen molar-refractivity contribution in [1.29, 1.82) is 0 Å². The van der Waals surface area contributed by atoms with Gasteiger partial charge in [0.25, 0.3) is 0 Å². The van der Waals surface area contributed by atoms with Gasteiger partial charge in [0.1, 0.15) is 5.69 Å². The second-order valence-corrected chi connectivity index (χ2v) is 16.4. The Morgan fingerprint density at radius 1 is 0.379 bits per heavy atom. The molecule has 0 unspecified atom stereocenters. The Morgan fingerprint density at radius 3 is 1.84 bits per heavy atom. The predicted molar refractivity (Wildman–Crippen MR) is 248 cm³/mol. The summed E-state index contributed by atoms with van der Waals surface area (Å²) in [4.78, 5) is 11.2. The molecule has 268 valence electrons. The summed E-state index contributed by atoms with van der Waals surface area (Å²) in [6.45, 7) is 0. The standard InChI is InChI=1S/C54H31N3S/c1-2-14-34(15-3-1)52-54(56-53-41-21-11-7-13-33(41)22-25-44(53)55-52)57-45-30-36-17-5-4-16-35(36)28-42(45)51-46(57)31-37-18-8-10-20-40(37)49(51)38-24-26-47-43(29-38)50-39-19-9-6-12-32(39)23-27-48(50)58-47/h1-31H. The summed E-state index contributed by atoms with van der Waals surface area (Å²) < 4.78 is 5.01. The average molecular weight is 754 g/mol. The zero-order valence-electron chi connectivity index (χ0n) is 31.1. The van der Waals surface area contributed by atoms with Crippen molar-refractivity contribution >= 4 is 107 Å². The third-order valence-corrected chi connectivity index (χ3v) is 13.2. The number of nitrogens with zero attached hydrogens (tertiary/aromatic N) is 3. The minimum absolute atomic E-state index is 0.817. The minimum Gasteiger partial charge on any atom is -0.292 e. The van der Waals surface area contributed by atoms with Gasteiger partial charge in [0.15, 0.2) is 5.82 Å². The largest absolute Gasteiger partial charge is 0.292 e. The van der Waals surface area contributed by atoms with Gasteiger partial charge >= 0.3 is 0 Å². The molecule has 0 atom stereocenters. The van der Waals surface area contributed by atoms with E-state index in [1.54, 1.807) is 0 Å². The molecule has 0 fully saturated rings. The van der Waals surface area contributed by atoms with Crippen LogP contribution in [-0.4, -0.2) is 14.5 Å². The molecule has 0 aliphatic carbocycles. The quantitative estimate of drug-likeness (QED) is 0.168. The van der Waals surface area contributed by atoms with Crippen LogP contribution in [-0.2, 0) is 0 Å². The van der Waals surface area contributed by atoms with E-state index in [0.29, 0.717) is 0 Å². The minimum atomic E-state index is 0.817. The van der Waals surface area contributed by atoms with Crippen molar-refractivity contribution in [2.24, 2.45) is 0 Å². The van der Waals surface area contributed by atoms with E-state index in [-0.39, 0.29) is 0 Å².